The Morgan fingerprint density at radius 3 is 2.59 bits per heavy atom. The van der Waals surface area contributed by atoms with Gasteiger partial charge in [0, 0.05) is 6.20 Å². The van der Waals surface area contributed by atoms with E-state index < -0.39 is 18.0 Å². The maximum absolute atomic E-state index is 10.5. The van der Waals surface area contributed by atoms with Crippen LogP contribution in [0.1, 0.15) is 5.56 Å². The molecule has 7 heteroatoms. The number of hydrogen-bond donors (Lipinski definition) is 4. The van der Waals surface area contributed by atoms with E-state index >= 15 is 0 Å². The molecule has 0 aliphatic carbocycles. The first-order valence-corrected chi connectivity index (χ1v) is 4.88. The Morgan fingerprint density at radius 1 is 1.41 bits per heavy atom. The number of aliphatic carboxylic acids is 2. The highest BCUT2D eigenvalue weighted by molar-refractivity contribution is 5.73. The molecule has 0 spiro atoms. The van der Waals surface area contributed by atoms with Crippen LogP contribution in [0, 0.1) is 0 Å². The third-order valence-corrected chi connectivity index (χ3v) is 2.02. The summed E-state index contributed by atoms with van der Waals surface area (Å²) >= 11 is 0. The molecule has 0 saturated carbocycles. The molecule has 92 valence electrons. The Kier molecular flexibility index (Phi) is 4.41. The summed E-state index contributed by atoms with van der Waals surface area (Å²) in [6.07, 6.45) is 1.65. The second-order valence-corrected chi connectivity index (χ2v) is 3.45. The highest BCUT2D eigenvalue weighted by atomic mass is 16.4. The number of rotatable bonds is 6. The fraction of sp³-hybridized carbons (Fsp3) is 0.300. The normalized spacial score (nSPS) is 11.8. The molecule has 0 aliphatic heterocycles. The van der Waals surface area contributed by atoms with Gasteiger partial charge in [-0.05, 0) is 18.1 Å². The van der Waals surface area contributed by atoms with Crippen molar-refractivity contribution in [1.29, 1.82) is 0 Å². The van der Waals surface area contributed by atoms with E-state index in [0.717, 1.165) is 0 Å². The molecule has 0 radical (unpaired) electrons. The molecule has 0 fully saturated rings. The minimum atomic E-state index is -1.07. The highest BCUT2D eigenvalue weighted by Crippen LogP contribution is 2.06. The molecule has 7 nitrogen and oxygen atoms in total. The average molecular weight is 239 g/mol. The molecular weight excluding hydrogens is 226 g/mol. The summed E-state index contributed by atoms with van der Waals surface area (Å²) in [6, 6.07) is 2.27. The van der Waals surface area contributed by atoms with Crippen molar-refractivity contribution >= 4 is 17.8 Å². The smallest absolute Gasteiger partial charge is 0.322 e. The Morgan fingerprint density at radius 2 is 2.12 bits per heavy atom. The van der Waals surface area contributed by atoms with E-state index in [1.165, 1.54) is 6.20 Å². The second kappa shape index (κ2) is 5.80. The number of nitrogens with zero attached hydrogens (tertiary/aromatic N) is 1. The zero-order valence-electron chi connectivity index (χ0n) is 8.96. The first-order chi connectivity index (χ1) is 7.99. The van der Waals surface area contributed by atoms with Gasteiger partial charge in [-0.1, -0.05) is 6.07 Å². The second-order valence-electron chi connectivity index (χ2n) is 3.45. The molecule has 17 heavy (non-hydrogen) atoms. The maximum atomic E-state index is 10.5. The largest absolute Gasteiger partial charge is 0.480 e. The molecule has 1 aromatic rings. The zero-order chi connectivity index (χ0) is 12.8. The van der Waals surface area contributed by atoms with Crippen molar-refractivity contribution in [3.05, 3.63) is 23.9 Å². The standard InChI is InChI=1S/C10H13N3O4/c11-7(10(16)17)3-6-1-2-8(12-4-6)13-5-9(14)15/h1-2,4,7H,3,5,11H2,(H,12,13)(H,14,15)(H,16,17)/t7-/m0/s1. The van der Waals surface area contributed by atoms with Crippen LogP contribution in [0.25, 0.3) is 0 Å². The molecule has 1 aromatic heterocycles. The van der Waals surface area contributed by atoms with Crippen LogP contribution in [-0.2, 0) is 16.0 Å². The number of carboxylic acids is 2. The van der Waals surface area contributed by atoms with Crippen molar-refractivity contribution in [3.63, 3.8) is 0 Å². The van der Waals surface area contributed by atoms with E-state index in [1.807, 2.05) is 0 Å². The molecule has 1 rings (SSSR count). The first kappa shape index (κ1) is 12.9. The van der Waals surface area contributed by atoms with Gasteiger partial charge in [0.1, 0.15) is 18.4 Å². The van der Waals surface area contributed by atoms with Crippen LogP contribution < -0.4 is 11.1 Å². The summed E-state index contributed by atoms with van der Waals surface area (Å²) in [4.78, 5) is 24.8. The van der Waals surface area contributed by atoms with Gasteiger partial charge in [-0.2, -0.15) is 0 Å². The molecule has 1 heterocycles. The summed E-state index contributed by atoms with van der Waals surface area (Å²) < 4.78 is 0. The number of aromatic nitrogens is 1. The van der Waals surface area contributed by atoms with Crippen molar-refractivity contribution in [2.75, 3.05) is 11.9 Å². The third-order valence-electron chi connectivity index (χ3n) is 2.02. The minimum Gasteiger partial charge on any atom is -0.480 e. The summed E-state index contributed by atoms with van der Waals surface area (Å²) in [5.74, 6) is -1.64. The summed E-state index contributed by atoms with van der Waals surface area (Å²) in [6.45, 7) is -0.221. The van der Waals surface area contributed by atoms with Gasteiger partial charge in [-0.15, -0.1) is 0 Å². The lowest BCUT2D eigenvalue weighted by Crippen LogP contribution is -2.32. The molecule has 0 aliphatic rings. The Hall–Kier alpha value is -2.15. The summed E-state index contributed by atoms with van der Waals surface area (Å²) in [7, 11) is 0. The monoisotopic (exact) mass is 239 g/mol. The molecule has 1 atom stereocenters. The van der Waals surface area contributed by atoms with E-state index in [4.69, 9.17) is 15.9 Å². The Bertz CT molecular complexity index is 405. The van der Waals surface area contributed by atoms with Crippen molar-refractivity contribution in [1.82, 2.24) is 4.98 Å². The van der Waals surface area contributed by atoms with Gasteiger partial charge in [0.05, 0.1) is 0 Å². The number of hydrogen-bond acceptors (Lipinski definition) is 5. The van der Waals surface area contributed by atoms with E-state index in [1.54, 1.807) is 12.1 Å². The highest BCUT2D eigenvalue weighted by Gasteiger charge is 2.12. The average Bonchev–Trinajstić information content (AvgIpc) is 2.28. The van der Waals surface area contributed by atoms with Gasteiger partial charge in [0.15, 0.2) is 0 Å². The van der Waals surface area contributed by atoms with E-state index in [2.05, 4.69) is 10.3 Å². The summed E-state index contributed by atoms with van der Waals surface area (Å²) in [5, 5.41) is 19.6. The van der Waals surface area contributed by atoms with Crippen molar-refractivity contribution in [2.24, 2.45) is 5.73 Å². The van der Waals surface area contributed by atoms with Crippen LogP contribution in [-0.4, -0.2) is 39.7 Å². The van der Waals surface area contributed by atoms with Gasteiger partial charge < -0.3 is 21.3 Å². The Balaban J connectivity index is 2.55. The lowest BCUT2D eigenvalue weighted by Gasteiger charge is -2.07. The van der Waals surface area contributed by atoms with E-state index in [0.29, 0.717) is 11.4 Å². The lowest BCUT2D eigenvalue weighted by molar-refractivity contribution is -0.138. The number of carbonyl (C=O) groups is 2. The van der Waals surface area contributed by atoms with Crippen LogP contribution in [0.2, 0.25) is 0 Å². The number of nitrogens with two attached hydrogens (primary N) is 1. The molecular formula is C10H13N3O4. The fourth-order valence-corrected chi connectivity index (χ4v) is 1.16. The van der Waals surface area contributed by atoms with Gasteiger partial charge >= 0.3 is 11.9 Å². The quantitative estimate of drug-likeness (QED) is 0.528. The lowest BCUT2D eigenvalue weighted by atomic mass is 10.1. The van der Waals surface area contributed by atoms with Gasteiger partial charge in [-0.3, -0.25) is 9.59 Å². The van der Waals surface area contributed by atoms with Gasteiger partial charge in [0.25, 0.3) is 0 Å². The minimum absolute atomic E-state index is 0.182. The molecule has 0 unspecified atom stereocenters. The van der Waals surface area contributed by atoms with Crippen LogP contribution in [0.5, 0.6) is 0 Å². The number of nitrogens with one attached hydrogen (secondary N) is 1. The number of anilines is 1. The van der Waals surface area contributed by atoms with Crippen LogP contribution in [0.4, 0.5) is 5.82 Å². The van der Waals surface area contributed by atoms with E-state index in [9.17, 15) is 9.59 Å². The number of pyridine rings is 1. The van der Waals surface area contributed by atoms with Crippen LogP contribution >= 0.6 is 0 Å². The van der Waals surface area contributed by atoms with E-state index in [-0.39, 0.29) is 13.0 Å². The molecule has 0 bridgehead atoms. The maximum Gasteiger partial charge on any atom is 0.322 e. The SMILES string of the molecule is N[C@@H](Cc1ccc(NCC(=O)O)nc1)C(=O)O. The van der Waals surface area contributed by atoms with Crippen molar-refractivity contribution < 1.29 is 19.8 Å². The first-order valence-electron chi connectivity index (χ1n) is 4.88. The van der Waals surface area contributed by atoms with Crippen molar-refractivity contribution in [2.45, 2.75) is 12.5 Å². The molecule has 0 aromatic carbocycles. The fourth-order valence-electron chi connectivity index (χ4n) is 1.16. The Labute approximate surface area is 97.3 Å². The topological polar surface area (TPSA) is 126 Å². The third kappa shape index (κ3) is 4.47. The van der Waals surface area contributed by atoms with Gasteiger partial charge in [-0.25, -0.2) is 4.98 Å². The van der Waals surface area contributed by atoms with Crippen LogP contribution in [0.15, 0.2) is 18.3 Å². The molecule has 0 amide bonds. The van der Waals surface area contributed by atoms with Gasteiger partial charge in [0.2, 0.25) is 0 Å². The predicted octanol–water partition coefficient (Wildman–Crippen LogP) is -0.467. The summed E-state index contributed by atoms with van der Waals surface area (Å²) in [5.41, 5.74) is 6.05. The zero-order valence-corrected chi connectivity index (χ0v) is 8.96. The van der Waals surface area contributed by atoms with Crippen molar-refractivity contribution in [3.8, 4) is 0 Å². The molecule has 0 saturated heterocycles. The number of carboxylic acid groups (broad SMARTS) is 2. The molecule has 5 N–H and O–H groups in total. The predicted molar refractivity (Wildman–Crippen MR) is 59.7 cm³/mol. The van der Waals surface area contributed by atoms with Crippen LogP contribution in [0.3, 0.4) is 0 Å².